The number of carbonyl (C=O) groups excluding carboxylic acids is 3. The van der Waals surface area contributed by atoms with Gasteiger partial charge in [0.2, 0.25) is 11.8 Å². The van der Waals surface area contributed by atoms with Gasteiger partial charge in [-0.2, -0.15) is 5.06 Å². The molecule has 2 fully saturated rings. The third-order valence-corrected chi connectivity index (χ3v) is 5.64. The van der Waals surface area contributed by atoms with Crippen LogP contribution in [0.4, 0.5) is 5.69 Å². The van der Waals surface area contributed by atoms with Gasteiger partial charge in [0.25, 0.3) is 5.91 Å². The summed E-state index contributed by atoms with van der Waals surface area (Å²) in [6.07, 6.45) is -0.992. The third-order valence-electron chi connectivity index (χ3n) is 5.64. The highest BCUT2D eigenvalue weighted by atomic mass is 16.7. The quantitative estimate of drug-likeness (QED) is 0.677. The Kier molecular flexibility index (Phi) is 4.34. The molecule has 2 saturated heterocycles. The van der Waals surface area contributed by atoms with E-state index in [1.165, 1.54) is 9.96 Å². The average molecular weight is 401 g/mol. The average Bonchev–Trinajstić information content (AvgIpc) is 3.23. The molecule has 2 aliphatic rings. The van der Waals surface area contributed by atoms with E-state index >= 15 is 0 Å². The second-order valence-corrected chi connectivity index (χ2v) is 7.49. The van der Waals surface area contributed by atoms with Crippen molar-refractivity contribution in [2.75, 3.05) is 11.4 Å². The number of nitrogens with two attached hydrogens (primary N) is 1. The van der Waals surface area contributed by atoms with Crippen LogP contribution < -0.4 is 10.6 Å². The molecule has 3 amide bonds. The number of amides is 3. The number of para-hydroxylation sites is 1. The fourth-order valence-electron chi connectivity index (χ4n) is 4.36. The van der Waals surface area contributed by atoms with Gasteiger partial charge in [0, 0.05) is 0 Å². The van der Waals surface area contributed by atoms with E-state index in [-0.39, 0.29) is 12.5 Å². The van der Waals surface area contributed by atoms with Crippen LogP contribution in [-0.4, -0.2) is 35.4 Å². The number of imide groups is 1. The number of anilines is 1. The molecule has 5 rings (SSSR count). The lowest BCUT2D eigenvalue weighted by Crippen LogP contribution is -2.40. The maximum atomic E-state index is 13.4. The lowest BCUT2D eigenvalue weighted by atomic mass is 9.89. The summed E-state index contributed by atoms with van der Waals surface area (Å²) in [5.41, 5.74) is 6.69. The smallest absolute Gasteiger partial charge is 0.265 e. The minimum absolute atomic E-state index is 0.212. The van der Waals surface area contributed by atoms with Gasteiger partial charge in [0.05, 0.1) is 17.6 Å². The molecular weight excluding hydrogens is 382 g/mol. The summed E-state index contributed by atoms with van der Waals surface area (Å²) in [5.74, 6) is -2.14. The van der Waals surface area contributed by atoms with Gasteiger partial charge >= 0.3 is 0 Å². The maximum absolute atomic E-state index is 13.4. The van der Waals surface area contributed by atoms with Gasteiger partial charge in [0.15, 0.2) is 6.10 Å². The first-order valence-electron chi connectivity index (χ1n) is 9.68. The number of rotatable bonds is 4. The Labute approximate surface area is 172 Å². The number of fused-ring (bicyclic) bond motifs is 2. The molecule has 2 N–H and O–H groups in total. The lowest BCUT2D eigenvalue weighted by Gasteiger charge is -2.26. The van der Waals surface area contributed by atoms with Crippen LogP contribution in [0, 0.1) is 5.92 Å². The molecule has 0 aliphatic carbocycles. The standard InChI is InChI=1S/C23H19N3O4/c24-18(27)13-25-20(16-11-10-14-6-4-5-7-15(14)12-16)19-21(30-25)23(29)26(22(19)28)17-8-2-1-3-9-17/h1-12,19-21H,13H2,(H2,24,27). The van der Waals surface area contributed by atoms with E-state index in [1.807, 2.05) is 48.5 Å². The van der Waals surface area contributed by atoms with Crippen LogP contribution in [-0.2, 0) is 19.2 Å². The first kappa shape index (κ1) is 18.5. The zero-order valence-corrected chi connectivity index (χ0v) is 16.0. The Hall–Kier alpha value is -3.55. The van der Waals surface area contributed by atoms with Gasteiger partial charge in [-0.1, -0.05) is 54.6 Å². The van der Waals surface area contributed by atoms with Crippen LogP contribution in [0.2, 0.25) is 0 Å². The Bertz CT molecular complexity index is 1160. The molecule has 3 aromatic rings. The molecule has 150 valence electrons. The van der Waals surface area contributed by atoms with E-state index in [2.05, 4.69) is 0 Å². The molecule has 7 heteroatoms. The number of hydrogen-bond acceptors (Lipinski definition) is 5. The molecule has 0 radical (unpaired) electrons. The molecule has 0 bridgehead atoms. The summed E-state index contributed by atoms with van der Waals surface area (Å²) in [4.78, 5) is 45.0. The highest BCUT2D eigenvalue weighted by Gasteiger charge is 2.60. The molecule has 2 aliphatic heterocycles. The fourth-order valence-corrected chi connectivity index (χ4v) is 4.36. The maximum Gasteiger partial charge on any atom is 0.265 e. The Morgan fingerprint density at radius 2 is 1.60 bits per heavy atom. The predicted molar refractivity (Wildman–Crippen MR) is 110 cm³/mol. The number of nitrogens with zero attached hydrogens (tertiary/aromatic N) is 2. The summed E-state index contributed by atoms with van der Waals surface area (Å²) in [6, 6.07) is 21.8. The van der Waals surface area contributed by atoms with Gasteiger partial charge < -0.3 is 5.73 Å². The summed E-state index contributed by atoms with van der Waals surface area (Å²) in [7, 11) is 0. The SMILES string of the molecule is NC(=O)CN1OC2C(=O)N(c3ccccc3)C(=O)C2C1c1ccc2ccccc2c1. The molecule has 3 aromatic carbocycles. The van der Waals surface area contributed by atoms with Gasteiger partial charge in [-0.05, 0) is 34.5 Å². The first-order valence-corrected chi connectivity index (χ1v) is 9.68. The zero-order chi connectivity index (χ0) is 20.8. The van der Waals surface area contributed by atoms with Crippen molar-refractivity contribution in [1.82, 2.24) is 5.06 Å². The minimum atomic E-state index is -0.992. The molecule has 3 atom stereocenters. The van der Waals surface area contributed by atoms with Crippen LogP contribution in [0.1, 0.15) is 11.6 Å². The number of hydrogen-bond donors (Lipinski definition) is 1. The van der Waals surface area contributed by atoms with E-state index < -0.39 is 29.9 Å². The van der Waals surface area contributed by atoms with Gasteiger partial charge in [0.1, 0.15) is 6.54 Å². The highest BCUT2D eigenvalue weighted by Crippen LogP contribution is 2.45. The second kappa shape index (κ2) is 7.05. The van der Waals surface area contributed by atoms with E-state index in [0.29, 0.717) is 5.69 Å². The number of benzene rings is 3. The van der Waals surface area contributed by atoms with E-state index in [4.69, 9.17) is 10.6 Å². The molecule has 7 nitrogen and oxygen atoms in total. The largest absolute Gasteiger partial charge is 0.368 e. The number of primary amides is 1. The van der Waals surface area contributed by atoms with Crippen molar-refractivity contribution >= 4 is 34.2 Å². The molecule has 0 aromatic heterocycles. The van der Waals surface area contributed by atoms with Crippen LogP contribution in [0.25, 0.3) is 10.8 Å². The topological polar surface area (TPSA) is 92.9 Å². The summed E-state index contributed by atoms with van der Waals surface area (Å²) in [5, 5.41) is 3.42. The third kappa shape index (κ3) is 2.87. The first-order chi connectivity index (χ1) is 14.5. The van der Waals surface area contributed by atoms with Crippen molar-refractivity contribution in [2.24, 2.45) is 11.7 Å². The van der Waals surface area contributed by atoms with E-state index in [1.54, 1.807) is 24.3 Å². The van der Waals surface area contributed by atoms with Crippen molar-refractivity contribution < 1.29 is 19.2 Å². The second-order valence-electron chi connectivity index (χ2n) is 7.49. The van der Waals surface area contributed by atoms with Crippen molar-refractivity contribution in [1.29, 1.82) is 0 Å². The Morgan fingerprint density at radius 3 is 2.33 bits per heavy atom. The zero-order valence-electron chi connectivity index (χ0n) is 16.0. The van der Waals surface area contributed by atoms with E-state index in [0.717, 1.165) is 16.3 Å². The van der Waals surface area contributed by atoms with Crippen molar-refractivity contribution in [3.8, 4) is 0 Å². The van der Waals surface area contributed by atoms with Crippen LogP contribution >= 0.6 is 0 Å². The summed E-state index contributed by atoms with van der Waals surface area (Å²) >= 11 is 0. The van der Waals surface area contributed by atoms with Gasteiger partial charge in [-0.25, -0.2) is 4.90 Å². The molecule has 30 heavy (non-hydrogen) atoms. The Morgan fingerprint density at radius 1 is 0.900 bits per heavy atom. The molecular formula is C23H19N3O4. The number of carbonyl (C=O) groups is 3. The Balaban J connectivity index is 1.58. The van der Waals surface area contributed by atoms with Crippen LogP contribution in [0.5, 0.6) is 0 Å². The lowest BCUT2D eigenvalue weighted by molar-refractivity contribution is -0.175. The summed E-state index contributed by atoms with van der Waals surface area (Å²) in [6.45, 7) is -0.212. The van der Waals surface area contributed by atoms with Crippen molar-refractivity contribution in [3.63, 3.8) is 0 Å². The van der Waals surface area contributed by atoms with Crippen LogP contribution in [0.3, 0.4) is 0 Å². The normalized spacial score (nSPS) is 23.9. The van der Waals surface area contributed by atoms with Crippen molar-refractivity contribution in [3.05, 3.63) is 78.4 Å². The fraction of sp³-hybridized carbons (Fsp3) is 0.174. The molecule has 0 spiro atoms. The molecule has 3 unspecified atom stereocenters. The van der Waals surface area contributed by atoms with Crippen LogP contribution in [0.15, 0.2) is 72.8 Å². The molecule has 2 heterocycles. The number of hydroxylamine groups is 2. The monoisotopic (exact) mass is 401 g/mol. The van der Waals surface area contributed by atoms with Gasteiger partial charge in [-0.15, -0.1) is 0 Å². The summed E-state index contributed by atoms with van der Waals surface area (Å²) < 4.78 is 0. The molecule has 0 saturated carbocycles. The minimum Gasteiger partial charge on any atom is -0.368 e. The van der Waals surface area contributed by atoms with E-state index in [9.17, 15) is 14.4 Å². The van der Waals surface area contributed by atoms with Crippen molar-refractivity contribution in [2.45, 2.75) is 12.1 Å². The van der Waals surface area contributed by atoms with Gasteiger partial charge in [-0.3, -0.25) is 19.2 Å². The predicted octanol–water partition coefficient (Wildman–Crippen LogP) is 2.17. The highest BCUT2D eigenvalue weighted by molar-refractivity contribution is 6.23.